The average Bonchev–Trinajstić information content (AvgIpc) is 2.32. The third-order valence-electron chi connectivity index (χ3n) is 2.21. The maximum Gasteiger partial charge on any atom is 0.353 e. The van der Waals surface area contributed by atoms with Gasteiger partial charge in [-0.1, -0.05) is 0 Å². The van der Waals surface area contributed by atoms with Gasteiger partial charge in [-0.15, -0.1) is 0 Å². The van der Waals surface area contributed by atoms with Crippen molar-refractivity contribution in [3.05, 3.63) is 46.6 Å². The summed E-state index contributed by atoms with van der Waals surface area (Å²) in [5.41, 5.74) is 11.2. The number of nitrogens with zero attached hydrogens (tertiary/aromatic N) is 2. The number of hydrogen-bond donors (Lipinski definition) is 2. The minimum Gasteiger partial charge on any atom is -0.450 e. The first-order valence-corrected chi connectivity index (χ1v) is 5.00. The quantitative estimate of drug-likeness (QED) is 0.485. The smallest absolute Gasteiger partial charge is 0.353 e. The molecular formula is C11H10N4O3. The first kappa shape index (κ1) is 11.6. The zero-order valence-electron chi connectivity index (χ0n) is 9.24. The lowest BCUT2D eigenvalue weighted by molar-refractivity contribution is -0.384. The summed E-state index contributed by atoms with van der Waals surface area (Å²) in [6.45, 7) is 0. The minimum atomic E-state index is -0.630. The largest absolute Gasteiger partial charge is 0.450 e. The van der Waals surface area contributed by atoms with Crippen LogP contribution in [0.2, 0.25) is 0 Å². The molecule has 1 aromatic carbocycles. The summed E-state index contributed by atoms with van der Waals surface area (Å²) in [6.07, 6.45) is 1.34. The predicted molar refractivity (Wildman–Crippen MR) is 66.2 cm³/mol. The molecule has 7 nitrogen and oxygen atoms in total. The molecule has 4 N–H and O–H groups in total. The highest BCUT2D eigenvalue weighted by Crippen LogP contribution is 2.34. The third-order valence-corrected chi connectivity index (χ3v) is 2.21. The van der Waals surface area contributed by atoms with Crippen LogP contribution in [0.15, 0.2) is 36.5 Å². The summed E-state index contributed by atoms with van der Waals surface area (Å²) in [5, 5.41) is 10.9. The van der Waals surface area contributed by atoms with E-state index >= 15 is 0 Å². The zero-order chi connectivity index (χ0) is 13.1. The number of anilines is 2. The molecule has 7 heteroatoms. The van der Waals surface area contributed by atoms with Crippen LogP contribution in [-0.4, -0.2) is 9.91 Å². The maximum absolute atomic E-state index is 10.9. The van der Waals surface area contributed by atoms with E-state index in [0.29, 0.717) is 11.4 Å². The molecule has 0 spiro atoms. The van der Waals surface area contributed by atoms with E-state index in [9.17, 15) is 10.1 Å². The van der Waals surface area contributed by atoms with E-state index < -0.39 is 4.92 Å². The van der Waals surface area contributed by atoms with Crippen molar-refractivity contribution in [2.45, 2.75) is 0 Å². The van der Waals surface area contributed by atoms with Gasteiger partial charge >= 0.3 is 5.69 Å². The van der Waals surface area contributed by atoms with Crippen LogP contribution in [0.5, 0.6) is 11.5 Å². The van der Waals surface area contributed by atoms with Crippen molar-refractivity contribution in [2.24, 2.45) is 0 Å². The molecule has 0 aliphatic carbocycles. The molecule has 1 aromatic heterocycles. The molecule has 18 heavy (non-hydrogen) atoms. The maximum atomic E-state index is 10.9. The van der Waals surface area contributed by atoms with Crippen LogP contribution in [0.1, 0.15) is 0 Å². The van der Waals surface area contributed by atoms with Gasteiger partial charge in [0, 0.05) is 18.0 Å². The number of ether oxygens (including phenoxy) is 1. The molecule has 0 aliphatic rings. The Labute approximate surface area is 102 Å². The molecule has 0 atom stereocenters. The van der Waals surface area contributed by atoms with Crippen molar-refractivity contribution in [3.63, 3.8) is 0 Å². The van der Waals surface area contributed by atoms with Crippen molar-refractivity contribution in [3.8, 4) is 11.5 Å². The van der Waals surface area contributed by atoms with E-state index in [4.69, 9.17) is 16.2 Å². The molecule has 2 rings (SSSR count). The Kier molecular flexibility index (Phi) is 2.96. The third kappa shape index (κ3) is 2.29. The second-order valence-corrected chi connectivity index (χ2v) is 3.47. The van der Waals surface area contributed by atoms with Gasteiger partial charge in [0.1, 0.15) is 5.75 Å². The second kappa shape index (κ2) is 4.58. The Balaban J connectivity index is 2.37. The minimum absolute atomic E-state index is 0.0391. The molecule has 0 saturated heterocycles. The van der Waals surface area contributed by atoms with E-state index in [1.165, 1.54) is 12.3 Å². The Morgan fingerprint density at radius 2 is 1.83 bits per heavy atom. The SMILES string of the molecule is Nc1ccc(Oc2ccnc(N)c2[N+](=O)[O-])cc1. The highest BCUT2D eigenvalue weighted by molar-refractivity contribution is 5.62. The predicted octanol–water partition coefficient (Wildman–Crippen LogP) is 1.95. The van der Waals surface area contributed by atoms with Gasteiger partial charge in [-0.3, -0.25) is 10.1 Å². The monoisotopic (exact) mass is 246 g/mol. The van der Waals surface area contributed by atoms with E-state index in [1.54, 1.807) is 24.3 Å². The lowest BCUT2D eigenvalue weighted by Gasteiger charge is -2.07. The fourth-order valence-corrected chi connectivity index (χ4v) is 1.38. The van der Waals surface area contributed by atoms with Gasteiger partial charge in [0.25, 0.3) is 0 Å². The molecule has 0 unspecified atom stereocenters. The van der Waals surface area contributed by atoms with Gasteiger partial charge in [-0.05, 0) is 24.3 Å². The number of nitrogens with two attached hydrogens (primary N) is 2. The van der Waals surface area contributed by atoms with Gasteiger partial charge in [-0.25, -0.2) is 4.98 Å². The number of pyridine rings is 1. The normalized spacial score (nSPS) is 10.0. The van der Waals surface area contributed by atoms with Gasteiger partial charge in [0.05, 0.1) is 4.92 Å². The van der Waals surface area contributed by atoms with Crippen LogP contribution in [0.4, 0.5) is 17.2 Å². The summed E-state index contributed by atoms with van der Waals surface area (Å²) >= 11 is 0. The molecule has 0 radical (unpaired) electrons. The lowest BCUT2D eigenvalue weighted by atomic mass is 10.3. The first-order chi connectivity index (χ1) is 8.58. The second-order valence-electron chi connectivity index (χ2n) is 3.47. The number of nitrogen functional groups attached to an aromatic ring is 2. The molecule has 0 saturated carbocycles. The standard InChI is InChI=1S/C11H10N4O3/c12-7-1-3-8(4-2-7)18-9-5-6-14-11(13)10(9)15(16)17/h1-6H,12H2,(H2,13,14). The van der Waals surface area contributed by atoms with Gasteiger partial charge < -0.3 is 16.2 Å². The molecule has 0 fully saturated rings. The summed E-state index contributed by atoms with van der Waals surface area (Å²) < 4.78 is 5.39. The molecule has 0 amide bonds. The van der Waals surface area contributed by atoms with E-state index in [1.807, 2.05) is 0 Å². The van der Waals surface area contributed by atoms with Crippen LogP contribution in [0.25, 0.3) is 0 Å². The molecule has 1 heterocycles. The van der Waals surface area contributed by atoms with Crippen molar-refractivity contribution in [2.75, 3.05) is 11.5 Å². The van der Waals surface area contributed by atoms with Crippen LogP contribution in [-0.2, 0) is 0 Å². The molecule has 0 aliphatic heterocycles. The van der Waals surface area contributed by atoms with Crippen LogP contribution in [0.3, 0.4) is 0 Å². The number of rotatable bonds is 3. The van der Waals surface area contributed by atoms with Gasteiger partial charge in [-0.2, -0.15) is 0 Å². The van der Waals surface area contributed by atoms with Crippen LogP contribution in [0, 0.1) is 10.1 Å². The van der Waals surface area contributed by atoms with Crippen molar-refractivity contribution in [1.29, 1.82) is 0 Å². The molecule has 92 valence electrons. The Morgan fingerprint density at radius 1 is 1.17 bits per heavy atom. The van der Waals surface area contributed by atoms with Crippen molar-refractivity contribution >= 4 is 17.2 Å². The van der Waals surface area contributed by atoms with Crippen molar-refractivity contribution in [1.82, 2.24) is 4.98 Å². The Bertz CT molecular complexity index is 583. The van der Waals surface area contributed by atoms with Gasteiger partial charge in [0.2, 0.25) is 11.6 Å². The Morgan fingerprint density at radius 3 is 2.44 bits per heavy atom. The zero-order valence-corrected chi connectivity index (χ0v) is 9.24. The van der Waals surface area contributed by atoms with Crippen molar-refractivity contribution < 1.29 is 9.66 Å². The number of hydrogen-bond acceptors (Lipinski definition) is 6. The topological polar surface area (TPSA) is 117 Å². The Hall–Kier alpha value is -2.83. The fourth-order valence-electron chi connectivity index (χ4n) is 1.38. The summed E-state index contributed by atoms with van der Waals surface area (Å²) in [7, 11) is 0. The highest BCUT2D eigenvalue weighted by Gasteiger charge is 2.20. The molecule has 2 aromatic rings. The fraction of sp³-hybridized carbons (Fsp3) is 0. The number of nitro groups is 1. The van der Waals surface area contributed by atoms with Crippen LogP contribution < -0.4 is 16.2 Å². The van der Waals surface area contributed by atoms with Crippen LogP contribution >= 0.6 is 0 Å². The molecular weight excluding hydrogens is 236 g/mol. The molecule has 0 bridgehead atoms. The average molecular weight is 246 g/mol. The van der Waals surface area contributed by atoms with E-state index in [2.05, 4.69) is 4.98 Å². The van der Waals surface area contributed by atoms with E-state index in [0.717, 1.165) is 0 Å². The van der Waals surface area contributed by atoms with Gasteiger partial charge in [0.15, 0.2) is 0 Å². The summed E-state index contributed by atoms with van der Waals surface area (Å²) in [6, 6.07) is 7.85. The van der Waals surface area contributed by atoms with E-state index in [-0.39, 0.29) is 17.3 Å². The first-order valence-electron chi connectivity index (χ1n) is 5.00. The number of benzene rings is 1. The summed E-state index contributed by atoms with van der Waals surface area (Å²) in [4.78, 5) is 13.9. The highest BCUT2D eigenvalue weighted by atomic mass is 16.6. The lowest BCUT2D eigenvalue weighted by Crippen LogP contribution is -2.00. The number of aromatic nitrogens is 1. The summed E-state index contributed by atoms with van der Waals surface area (Å²) in [5.74, 6) is 0.281.